The minimum absolute atomic E-state index is 0.191. The lowest BCUT2D eigenvalue weighted by Gasteiger charge is -2.03. The molecule has 3 heteroatoms. The molecule has 0 saturated heterocycles. The summed E-state index contributed by atoms with van der Waals surface area (Å²) >= 11 is 0. The first-order valence-corrected chi connectivity index (χ1v) is 6.33. The van der Waals surface area contributed by atoms with Crippen molar-refractivity contribution in [3.05, 3.63) is 35.0 Å². The molecule has 2 rings (SSSR count). The van der Waals surface area contributed by atoms with E-state index >= 15 is 0 Å². The van der Waals surface area contributed by atoms with Crippen LogP contribution in [0.25, 0.3) is 10.9 Å². The fraction of sp³-hybridized carbons (Fsp3) is 0.400. The van der Waals surface area contributed by atoms with Crippen molar-refractivity contribution in [1.82, 2.24) is 4.57 Å². The van der Waals surface area contributed by atoms with Crippen molar-refractivity contribution in [1.29, 1.82) is 0 Å². The van der Waals surface area contributed by atoms with Gasteiger partial charge in [-0.2, -0.15) is 0 Å². The van der Waals surface area contributed by atoms with Crippen molar-refractivity contribution in [2.75, 3.05) is 0 Å². The largest absolute Gasteiger partial charge is 0.481 e. The first kappa shape index (κ1) is 12.7. The molecule has 0 aliphatic heterocycles. The van der Waals surface area contributed by atoms with Crippen LogP contribution in [0.5, 0.6) is 0 Å². The zero-order chi connectivity index (χ0) is 13.3. The maximum atomic E-state index is 10.7. The standard InChI is InChI=1S/C15H19NO2/c1-4-11-6-5-7-13-12(8-9-14(17)18)10(2)16(3)15(11)13/h5-7H,4,8-9H2,1-3H3,(H,17,18). The molecule has 0 saturated carbocycles. The normalized spacial score (nSPS) is 11.1. The predicted molar refractivity (Wildman–Crippen MR) is 73.0 cm³/mol. The van der Waals surface area contributed by atoms with E-state index in [-0.39, 0.29) is 6.42 Å². The zero-order valence-electron chi connectivity index (χ0n) is 11.2. The van der Waals surface area contributed by atoms with Crippen LogP contribution in [0.4, 0.5) is 0 Å². The highest BCUT2D eigenvalue weighted by atomic mass is 16.4. The molecular formula is C15H19NO2. The molecule has 0 bridgehead atoms. The first-order valence-electron chi connectivity index (χ1n) is 6.33. The van der Waals surface area contributed by atoms with E-state index in [0.29, 0.717) is 6.42 Å². The second-order valence-electron chi connectivity index (χ2n) is 4.68. The Morgan fingerprint density at radius 2 is 2.11 bits per heavy atom. The first-order chi connectivity index (χ1) is 8.56. The van der Waals surface area contributed by atoms with Crippen molar-refractivity contribution in [2.24, 2.45) is 7.05 Å². The summed E-state index contributed by atoms with van der Waals surface area (Å²) in [5, 5.41) is 10.0. The number of rotatable bonds is 4. The molecule has 3 nitrogen and oxygen atoms in total. The number of carboxylic acid groups (broad SMARTS) is 1. The van der Waals surface area contributed by atoms with Gasteiger partial charge in [0, 0.05) is 24.5 Å². The average molecular weight is 245 g/mol. The Morgan fingerprint density at radius 3 is 2.72 bits per heavy atom. The molecule has 0 radical (unpaired) electrons. The summed E-state index contributed by atoms with van der Waals surface area (Å²) in [7, 11) is 2.06. The lowest BCUT2D eigenvalue weighted by atomic mass is 10.0. The molecule has 0 aliphatic carbocycles. The van der Waals surface area contributed by atoms with Gasteiger partial charge in [-0.25, -0.2) is 0 Å². The summed E-state index contributed by atoms with van der Waals surface area (Å²) < 4.78 is 2.19. The second kappa shape index (κ2) is 4.84. The number of hydrogen-bond acceptors (Lipinski definition) is 1. The van der Waals surface area contributed by atoms with Gasteiger partial charge in [-0.3, -0.25) is 4.79 Å². The third-order valence-electron chi connectivity index (χ3n) is 3.69. The van der Waals surface area contributed by atoms with Crippen LogP contribution in [0.2, 0.25) is 0 Å². The molecule has 0 spiro atoms. The maximum Gasteiger partial charge on any atom is 0.303 e. The minimum Gasteiger partial charge on any atom is -0.481 e. The van der Waals surface area contributed by atoms with Gasteiger partial charge in [0.15, 0.2) is 0 Å². The van der Waals surface area contributed by atoms with Gasteiger partial charge >= 0.3 is 5.97 Å². The molecule has 1 aromatic heterocycles. The van der Waals surface area contributed by atoms with Crippen LogP contribution in [-0.4, -0.2) is 15.6 Å². The van der Waals surface area contributed by atoms with E-state index in [1.807, 2.05) is 0 Å². The average Bonchev–Trinajstić information content (AvgIpc) is 2.60. The Labute approximate surface area is 107 Å². The molecule has 2 aromatic rings. The molecule has 0 fully saturated rings. The van der Waals surface area contributed by atoms with Crippen molar-refractivity contribution in [3.63, 3.8) is 0 Å². The molecular weight excluding hydrogens is 226 g/mol. The third-order valence-corrected chi connectivity index (χ3v) is 3.69. The van der Waals surface area contributed by atoms with Gasteiger partial charge in [-0.1, -0.05) is 25.1 Å². The molecule has 1 heterocycles. The Kier molecular flexibility index (Phi) is 3.41. The van der Waals surface area contributed by atoms with Crippen LogP contribution in [0.3, 0.4) is 0 Å². The van der Waals surface area contributed by atoms with E-state index in [4.69, 9.17) is 5.11 Å². The molecule has 1 aromatic carbocycles. The van der Waals surface area contributed by atoms with E-state index in [1.54, 1.807) is 0 Å². The quantitative estimate of drug-likeness (QED) is 0.899. The SMILES string of the molecule is CCc1cccc2c(CCC(=O)O)c(C)n(C)c12. The molecule has 96 valence electrons. The highest BCUT2D eigenvalue weighted by Gasteiger charge is 2.14. The summed E-state index contributed by atoms with van der Waals surface area (Å²) in [6.45, 7) is 4.21. The number of aromatic nitrogens is 1. The van der Waals surface area contributed by atoms with Crippen LogP contribution in [0, 0.1) is 6.92 Å². The van der Waals surface area contributed by atoms with Gasteiger partial charge in [-0.15, -0.1) is 0 Å². The summed E-state index contributed by atoms with van der Waals surface area (Å²) in [5.41, 5.74) is 4.91. The van der Waals surface area contributed by atoms with Crippen LogP contribution in [-0.2, 0) is 24.7 Å². The molecule has 0 aliphatic rings. The van der Waals surface area contributed by atoms with E-state index in [1.165, 1.54) is 27.7 Å². The maximum absolute atomic E-state index is 10.7. The molecule has 1 N–H and O–H groups in total. The monoisotopic (exact) mass is 245 g/mol. The van der Waals surface area contributed by atoms with Crippen LogP contribution in [0.15, 0.2) is 18.2 Å². The second-order valence-corrected chi connectivity index (χ2v) is 4.68. The van der Waals surface area contributed by atoms with Gasteiger partial charge < -0.3 is 9.67 Å². The molecule has 0 amide bonds. The van der Waals surface area contributed by atoms with Crippen LogP contribution in [0.1, 0.15) is 30.2 Å². The summed E-state index contributed by atoms with van der Waals surface area (Å²) in [5.74, 6) is -0.738. The van der Waals surface area contributed by atoms with E-state index in [0.717, 1.165) is 6.42 Å². The number of carbonyl (C=O) groups is 1. The number of carboxylic acids is 1. The number of benzene rings is 1. The summed E-state index contributed by atoms with van der Waals surface area (Å²) in [4.78, 5) is 10.7. The van der Waals surface area contributed by atoms with E-state index in [9.17, 15) is 4.79 Å². The highest BCUT2D eigenvalue weighted by molar-refractivity contribution is 5.88. The fourth-order valence-electron chi connectivity index (χ4n) is 2.63. The van der Waals surface area contributed by atoms with Gasteiger partial charge in [0.1, 0.15) is 0 Å². The Hall–Kier alpha value is -1.77. The summed E-state index contributed by atoms with van der Waals surface area (Å²) in [6.07, 6.45) is 1.79. The van der Waals surface area contributed by atoms with Crippen molar-refractivity contribution in [2.45, 2.75) is 33.1 Å². The van der Waals surface area contributed by atoms with Gasteiger partial charge in [-0.05, 0) is 30.9 Å². The highest BCUT2D eigenvalue weighted by Crippen LogP contribution is 2.28. The number of aliphatic carboxylic acids is 1. The molecule has 18 heavy (non-hydrogen) atoms. The van der Waals surface area contributed by atoms with Crippen molar-refractivity contribution >= 4 is 16.9 Å². The van der Waals surface area contributed by atoms with Crippen LogP contribution < -0.4 is 0 Å². The zero-order valence-corrected chi connectivity index (χ0v) is 11.2. The Morgan fingerprint density at radius 1 is 1.39 bits per heavy atom. The van der Waals surface area contributed by atoms with E-state index in [2.05, 4.69) is 43.7 Å². The van der Waals surface area contributed by atoms with Gasteiger partial charge in [0.25, 0.3) is 0 Å². The Balaban J connectivity index is 2.60. The number of para-hydroxylation sites is 1. The van der Waals surface area contributed by atoms with Crippen molar-refractivity contribution in [3.8, 4) is 0 Å². The number of fused-ring (bicyclic) bond motifs is 1. The Bertz CT molecular complexity index is 596. The number of hydrogen-bond donors (Lipinski definition) is 1. The van der Waals surface area contributed by atoms with E-state index < -0.39 is 5.97 Å². The van der Waals surface area contributed by atoms with Gasteiger partial charge in [0.2, 0.25) is 0 Å². The summed E-state index contributed by atoms with van der Waals surface area (Å²) in [6, 6.07) is 6.30. The third kappa shape index (κ3) is 2.01. The number of nitrogens with zero attached hydrogens (tertiary/aromatic N) is 1. The van der Waals surface area contributed by atoms with Crippen LogP contribution >= 0.6 is 0 Å². The minimum atomic E-state index is -0.738. The number of aryl methyl sites for hydroxylation is 3. The lowest BCUT2D eigenvalue weighted by molar-refractivity contribution is -0.136. The van der Waals surface area contributed by atoms with Crippen molar-refractivity contribution < 1.29 is 9.90 Å². The predicted octanol–water partition coefficient (Wildman–Crippen LogP) is 3.07. The molecule has 0 atom stereocenters. The smallest absolute Gasteiger partial charge is 0.303 e. The van der Waals surface area contributed by atoms with Gasteiger partial charge in [0.05, 0.1) is 5.52 Å². The fourth-order valence-corrected chi connectivity index (χ4v) is 2.63. The molecule has 0 unspecified atom stereocenters. The lowest BCUT2D eigenvalue weighted by Crippen LogP contribution is -1.99. The topological polar surface area (TPSA) is 42.2 Å².